The highest BCUT2D eigenvalue weighted by Crippen LogP contribution is 2.28. The molecule has 1 atom stereocenters. The summed E-state index contributed by atoms with van der Waals surface area (Å²) in [4.78, 5) is 23.6. The van der Waals surface area contributed by atoms with Crippen LogP contribution in [-0.2, 0) is 19.6 Å². The summed E-state index contributed by atoms with van der Waals surface area (Å²) in [6.45, 7) is 3.77. The van der Waals surface area contributed by atoms with E-state index in [9.17, 15) is 18.0 Å². The molecule has 1 unspecified atom stereocenters. The fourth-order valence-corrected chi connectivity index (χ4v) is 4.99. The SMILES string of the molecule is Cc1ccc(C)c(S(=O)(=O)N2CCCC2CNC(=O)C(=O)NCCO)c1. The van der Waals surface area contributed by atoms with Gasteiger partial charge in [0.25, 0.3) is 0 Å². The van der Waals surface area contributed by atoms with Crippen LogP contribution in [0.2, 0.25) is 0 Å². The molecule has 1 saturated heterocycles. The van der Waals surface area contributed by atoms with Crippen LogP contribution in [-0.4, -0.2) is 61.9 Å². The number of nitrogens with zero attached hydrogens (tertiary/aromatic N) is 1. The van der Waals surface area contributed by atoms with Crippen LogP contribution in [0.5, 0.6) is 0 Å². The van der Waals surface area contributed by atoms with Crippen molar-refractivity contribution in [3.05, 3.63) is 29.3 Å². The van der Waals surface area contributed by atoms with Crippen molar-refractivity contribution in [3.8, 4) is 0 Å². The highest BCUT2D eigenvalue weighted by Gasteiger charge is 2.36. The molecular formula is C17H25N3O5S. The lowest BCUT2D eigenvalue weighted by atomic mass is 10.2. The Labute approximate surface area is 153 Å². The van der Waals surface area contributed by atoms with E-state index in [4.69, 9.17) is 5.11 Å². The summed E-state index contributed by atoms with van der Waals surface area (Å²) in [5.41, 5.74) is 1.53. The van der Waals surface area contributed by atoms with E-state index >= 15 is 0 Å². The molecule has 26 heavy (non-hydrogen) atoms. The summed E-state index contributed by atoms with van der Waals surface area (Å²) in [5.74, 6) is -1.68. The predicted octanol–water partition coefficient (Wildman–Crippen LogP) is -0.319. The molecule has 1 aromatic rings. The monoisotopic (exact) mass is 383 g/mol. The number of carbonyl (C=O) groups excluding carboxylic acids is 2. The zero-order chi connectivity index (χ0) is 19.3. The van der Waals surface area contributed by atoms with Crippen LogP contribution in [0.25, 0.3) is 0 Å². The number of hydrogen-bond acceptors (Lipinski definition) is 5. The highest BCUT2D eigenvalue weighted by atomic mass is 32.2. The van der Waals surface area contributed by atoms with Crippen LogP contribution in [0, 0.1) is 13.8 Å². The van der Waals surface area contributed by atoms with Crippen molar-refractivity contribution in [2.75, 3.05) is 26.2 Å². The Kier molecular flexibility index (Phi) is 6.74. The van der Waals surface area contributed by atoms with Gasteiger partial charge in [0.05, 0.1) is 11.5 Å². The van der Waals surface area contributed by atoms with Gasteiger partial charge in [-0.15, -0.1) is 0 Å². The summed E-state index contributed by atoms with van der Waals surface area (Å²) in [7, 11) is -3.67. The van der Waals surface area contributed by atoms with Crippen LogP contribution in [0.4, 0.5) is 0 Å². The molecule has 8 nitrogen and oxygen atoms in total. The molecule has 1 aromatic carbocycles. The average molecular weight is 383 g/mol. The molecule has 0 aromatic heterocycles. The average Bonchev–Trinajstić information content (AvgIpc) is 3.08. The number of amides is 2. The van der Waals surface area contributed by atoms with Crippen LogP contribution >= 0.6 is 0 Å². The molecule has 0 spiro atoms. The van der Waals surface area contributed by atoms with E-state index in [-0.39, 0.29) is 24.6 Å². The number of hydrogen-bond donors (Lipinski definition) is 3. The Morgan fingerprint density at radius 2 is 1.92 bits per heavy atom. The third-order valence-corrected chi connectivity index (χ3v) is 6.45. The van der Waals surface area contributed by atoms with Gasteiger partial charge in [-0.25, -0.2) is 8.42 Å². The van der Waals surface area contributed by atoms with E-state index in [1.54, 1.807) is 19.1 Å². The maximum absolute atomic E-state index is 13.0. The standard InChI is InChI=1S/C17H25N3O5S/c1-12-5-6-13(2)15(10-12)26(24,25)20-8-3-4-14(20)11-19-17(23)16(22)18-7-9-21/h5-6,10,14,21H,3-4,7-9,11H2,1-2H3,(H,18,22)(H,19,23). The fourth-order valence-electron chi connectivity index (χ4n) is 2.98. The van der Waals surface area contributed by atoms with Crippen molar-refractivity contribution in [2.24, 2.45) is 0 Å². The number of aliphatic hydroxyl groups is 1. The van der Waals surface area contributed by atoms with Crippen molar-refractivity contribution >= 4 is 21.8 Å². The van der Waals surface area contributed by atoms with Gasteiger partial charge in [-0.2, -0.15) is 4.31 Å². The van der Waals surface area contributed by atoms with Gasteiger partial charge in [0, 0.05) is 25.7 Å². The second-order valence-corrected chi connectivity index (χ2v) is 8.23. The number of nitrogens with one attached hydrogen (secondary N) is 2. The van der Waals surface area contributed by atoms with Crippen LogP contribution in [0.1, 0.15) is 24.0 Å². The first-order valence-corrected chi connectivity index (χ1v) is 9.97. The first kappa shape index (κ1) is 20.3. The molecule has 144 valence electrons. The van der Waals surface area contributed by atoms with E-state index in [0.29, 0.717) is 24.9 Å². The van der Waals surface area contributed by atoms with Gasteiger partial charge in [0.1, 0.15) is 0 Å². The molecule has 9 heteroatoms. The summed E-state index contributed by atoms with van der Waals surface area (Å²) in [5, 5.41) is 13.4. The Morgan fingerprint density at radius 1 is 1.23 bits per heavy atom. The molecule has 1 heterocycles. The van der Waals surface area contributed by atoms with Gasteiger partial charge in [-0.05, 0) is 43.9 Å². The zero-order valence-electron chi connectivity index (χ0n) is 15.0. The van der Waals surface area contributed by atoms with Gasteiger partial charge >= 0.3 is 11.8 Å². The van der Waals surface area contributed by atoms with Gasteiger partial charge in [-0.3, -0.25) is 9.59 Å². The second kappa shape index (κ2) is 8.61. The largest absolute Gasteiger partial charge is 0.395 e. The molecule has 1 aliphatic heterocycles. The summed E-state index contributed by atoms with van der Waals surface area (Å²) in [6, 6.07) is 4.90. The number of aliphatic hydroxyl groups excluding tert-OH is 1. The summed E-state index contributed by atoms with van der Waals surface area (Å²) < 4.78 is 27.5. The minimum atomic E-state index is -3.67. The smallest absolute Gasteiger partial charge is 0.309 e. The number of sulfonamides is 1. The van der Waals surface area contributed by atoms with Crippen molar-refractivity contribution in [1.82, 2.24) is 14.9 Å². The molecule has 0 bridgehead atoms. The first-order chi connectivity index (χ1) is 12.3. The third kappa shape index (κ3) is 4.60. The Morgan fingerprint density at radius 3 is 2.62 bits per heavy atom. The van der Waals surface area contributed by atoms with Gasteiger partial charge < -0.3 is 15.7 Å². The molecule has 1 fully saturated rings. The van der Waals surface area contributed by atoms with E-state index in [2.05, 4.69) is 10.6 Å². The van der Waals surface area contributed by atoms with E-state index < -0.39 is 27.9 Å². The van der Waals surface area contributed by atoms with Crippen molar-refractivity contribution in [3.63, 3.8) is 0 Å². The molecular weight excluding hydrogens is 358 g/mol. The molecule has 0 saturated carbocycles. The third-order valence-electron chi connectivity index (χ3n) is 4.36. The van der Waals surface area contributed by atoms with Crippen LogP contribution < -0.4 is 10.6 Å². The highest BCUT2D eigenvalue weighted by molar-refractivity contribution is 7.89. The first-order valence-electron chi connectivity index (χ1n) is 8.53. The Bertz CT molecular complexity index is 779. The lowest BCUT2D eigenvalue weighted by molar-refractivity contribution is -0.139. The lowest BCUT2D eigenvalue weighted by Gasteiger charge is -2.25. The summed E-state index contributed by atoms with van der Waals surface area (Å²) in [6.07, 6.45) is 1.31. The Hall–Kier alpha value is -1.97. The fraction of sp³-hybridized carbons (Fsp3) is 0.529. The predicted molar refractivity (Wildman–Crippen MR) is 95.9 cm³/mol. The van der Waals surface area contributed by atoms with Gasteiger partial charge in [0.15, 0.2) is 0 Å². The molecule has 3 N–H and O–H groups in total. The molecule has 2 rings (SSSR count). The molecule has 1 aliphatic rings. The lowest BCUT2D eigenvalue weighted by Crippen LogP contribution is -2.47. The minimum Gasteiger partial charge on any atom is -0.395 e. The maximum atomic E-state index is 13.0. The second-order valence-electron chi connectivity index (χ2n) is 6.37. The quantitative estimate of drug-likeness (QED) is 0.583. The maximum Gasteiger partial charge on any atom is 0.309 e. The molecule has 0 radical (unpaired) electrons. The normalized spacial score (nSPS) is 17.9. The number of carbonyl (C=O) groups is 2. The van der Waals surface area contributed by atoms with E-state index in [1.807, 2.05) is 13.0 Å². The van der Waals surface area contributed by atoms with Gasteiger partial charge in [0.2, 0.25) is 10.0 Å². The molecule has 0 aliphatic carbocycles. The Balaban J connectivity index is 2.08. The minimum absolute atomic E-state index is 0.0111. The van der Waals surface area contributed by atoms with Gasteiger partial charge in [-0.1, -0.05) is 12.1 Å². The number of benzene rings is 1. The van der Waals surface area contributed by atoms with Crippen molar-refractivity contribution < 1.29 is 23.1 Å². The summed E-state index contributed by atoms with van der Waals surface area (Å²) >= 11 is 0. The van der Waals surface area contributed by atoms with Crippen molar-refractivity contribution in [1.29, 1.82) is 0 Å². The van der Waals surface area contributed by atoms with Crippen LogP contribution in [0.15, 0.2) is 23.1 Å². The van der Waals surface area contributed by atoms with E-state index in [1.165, 1.54) is 4.31 Å². The number of aryl methyl sites for hydroxylation is 2. The van der Waals surface area contributed by atoms with Crippen molar-refractivity contribution in [2.45, 2.75) is 37.6 Å². The number of rotatable bonds is 6. The topological polar surface area (TPSA) is 116 Å². The zero-order valence-corrected chi connectivity index (χ0v) is 15.8. The van der Waals surface area contributed by atoms with Crippen LogP contribution in [0.3, 0.4) is 0 Å². The molecule has 2 amide bonds. The van der Waals surface area contributed by atoms with E-state index in [0.717, 1.165) is 5.56 Å².